The lowest BCUT2D eigenvalue weighted by atomic mass is 10.0. The van der Waals surface area contributed by atoms with Gasteiger partial charge in [-0.1, -0.05) is 32.8 Å². The third kappa shape index (κ3) is 4.27. The van der Waals surface area contributed by atoms with E-state index in [2.05, 4.69) is 19.2 Å². The first-order chi connectivity index (χ1) is 9.13. The number of carbonyl (C=O) groups excluding carboxylic acids is 1. The minimum Gasteiger partial charge on any atom is -0.465 e. The first-order valence-corrected chi connectivity index (χ1v) is 7.08. The molecule has 1 N–H and O–H groups in total. The maximum absolute atomic E-state index is 11.7. The summed E-state index contributed by atoms with van der Waals surface area (Å²) >= 11 is 0. The van der Waals surface area contributed by atoms with Gasteiger partial charge in [-0.15, -0.1) is 0 Å². The molecule has 0 saturated heterocycles. The molecule has 3 heteroatoms. The quantitative estimate of drug-likeness (QED) is 0.751. The molecule has 19 heavy (non-hydrogen) atoms. The number of hydrogen-bond acceptors (Lipinski definition) is 3. The number of methoxy groups -OCH3 is 1. The highest BCUT2D eigenvalue weighted by Crippen LogP contribution is 2.22. The maximum atomic E-state index is 11.7. The van der Waals surface area contributed by atoms with Gasteiger partial charge in [0.15, 0.2) is 0 Å². The van der Waals surface area contributed by atoms with Gasteiger partial charge < -0.3 is 10.1 Å². The molecule has 0 bridgehead atoms. The molecule has 0 aromatic heterocycles. The summed E-state index contributed by atoms with van der Waals surface area (Å²) in [7, 11) is 1.42. The predicted molar refractivity (Wildman–Crippen MR) is 79.7 cm³/mol. The molecule has 0 fully saturated rings. The summed E-state index contributed by atoms with van der Waals surface area (Å²) in [4.78, 5) is 11.7. The molecule has 0 amide bonds. The van der Waals surface area contributed by atoms with E-state index in [1.807, 2.05) is 19.1 Å². The van der Waals surface area contributed by atoms with Gasteiger partial charge in [0.05, 0.1) is 12.7 Å². The fraction of sp³-hybridized carbons (Fsp3) is 0.562. The molecule has 1 aromatic carbocycles. The summed E-state index contributed by atoms with van der Waals surface area (Å²) in [5.41, 5.74) is 2.64. The van der Waals surface area contributed by atoms with Crippen molar-refractivity contribution in [3.05, 3.63) is 29.3 Å². The molecule has 0 heterocycles. The number of benzene rings is 1. The molecule has 106 valence electrons. The summed E-state index contributed by atoms with van der Waals surface area (Å²) in [6.07, 6.45) is 4.62. The van der Waals surface area contributed by atoms with Crippen LogP contribution in [0.5, 0.6) is 0 Å². The molecule has 0 atom stereocenters. The Balaban J connectivity index is 2.91. The summed E-state index contributed by atoms with van der Waals surface area (Å²) < 4.78 is 4.81. The van der Waals surface area contributed by atoms with E-state index in [1.54, 1.807) is 6.07 Å². The standard InChI is InChI=1S/C16H25NO2/c1-5-8-13(9-6-2)17-15-11-7-10-14(12(15)3)16(18)19-4/h7,10-11,13,17H,5-6,8-9H2,1-4H3. The van der Waals surface area contributed by atoms with Crippen LogP contribution in [0.15, 0.2) is 18.2 Å². The summed E-state index contributed by atoms with van der Waals surface area (Å²) in [5.74, 6) is -0.274. The van der Waals surface area contributed by atoms with Gasteiger partial charge in [0, 0.05) is 11.7 Å². The first-order valence-electron chi connectivity index (χ1n) is 7.08. The van der Waals surface area contributed by atoms with E-state index in [4.69, 9.17) is 4.74 Å². The average molecular weight is 263 g/mol. The molecule has 0 unspecified atom stereocenters. The fourth-order valence-electron chi connectivity index (χ4n) is 2.33. The van der Waals surface area contributed by atoms with Crippen molar-refractivity contribution in [1.82, 2.24) is 0 Å². The molecule has 0 aliphatic rings. The van der Waals surface area contributed by atoms with E-state index < -0.39 is 0 Å². The van der Waals surface area contributed by atoms with Gasteiger partial charge in [0.25, 0.3) is 0 Å². The third-order valence-corrected chi connectivity index (χ3v) is 3.37. The molecule has 0 aliphatic heterocycles. The Kier molecular flexibility index (Phi) is 6.40. The van der Waals surface area contributed by atoms with Crippen molar-refractivity contribution in [3.8, 4) is 0 Å². The van der Waals surface area contributed by atoms with E-state index in [0.29, 0.717) is 11.6 Å². The van der Waals surface area contributed by atoms with Crippen molar-refractivity contribution in [3.63, 3.8) is 0 Å². The molecule has 0 aliphatic carbocycles. The first kappa shape index (κ1) is 15.5. The van der Waals surface area contributed by atoms with Crippen molar-refractivity contribution >= 4 is 11.7 Å². The smallest absolute Gasteiger partial charge is 0.338 e. The van der Waals surface area contributed by atoms with Gasteiger partial charge >= 0.3 is 5.97 Å². The van der Waals surface area contributed by atoms with Gasteiger partial charge in [0.2, 0.25) is 0 Å². The lowest BCUT2D eigenvalue weighted by Gasteiger charge is -2.21. The zero-order valence-electron chi connectivity index (χ0n) is 12.5. The number of hydrogen-bond donors (Lipinski definition) is 1. The molecule has 0 radical (unpaired) electrons. The molecule has 3 nitrogen and oxygen atoms in total. The molecule has 0 saturated carbocycles. The van der Waals surface area contributed by atoms with Crippen molar-refractivity contribution in [2.45, 2.75) is 52.5 Å². The molecular weight excluding hydrogens is 238 g/mol. The van der Waals surface area contributed by atoms with Gasteiger partial charge in [-0.25, -0.2) is 4.79 Å². The third-order valence-electron chi connectivity index (χ3n) is 3.37. The Bertz CT molecular complexity index is 409. The second-order valence-electron chi connectivity index (χ2n) is 4.89. The van der Waals surface area contributed by atoms with Gasteiger partial charge in [-0.3, -0.25) is 0 Å². The SMILES string of the molecule is CCCC(CCC)Nc1cccc(C(=O)OC)c1C. The Morgan fingerprint density at radius 2 is 1.89 bits per heavy atom. The zero-order valence-corrected chi connectivity index (χ0v) is 12.5. The van der Waals surface area contributed by atoms with Crippen LogP contribution in [0.2, 0.25) is 0 Å². The summed E-state index contributed by atoms with van der Waals surface area (Å²) in [6.45, 7) is 6.35. The Morgan fingerprint density at radius 3 is 2.42 bits per heavy atom. The average Bonchev–Trinajstić information content (AvgIpc) is 2.41. The molecule has 1 aromatic rings. The minimum absolute atomic E-state index is 0.274. The summed E-state index contributed by atoms with van der Waals surface area (Å²) in [5, 5.41) is 3.56. The fourth-order valence-corrected chi connectivity index (χ4v) is 2.33. The Morgan fingerprint density at radius 1 is 1.26 bits per heavy atom. The van der Waals surface area contributed by atoms with Crippen LogP contribution in [-0.4, -0.2) is 19.1 Å². The number of carbonyl (C=O) groups is 1. The molecular formula is C16H25NO2. The number of nitrogens with one attached hydrogen (secondary N) is 1. The minimum atomic E-state index is -0.274. The van der Waals surface area contributed by atoms with E-state index in [-0.39, 0.29) is 5.97 Å². The van der Waals surface area contributed by atoms with Crippen LogP contribution in [0.3, 0.4) is 0 Å². The van der Waals surface area contributed by atoms with Crippen LogP contribution < -0.4 is 5.32 Å². The summed E-state index contributed by atoms with van der Waals surface area (Å²) in [6, 6.07) is 6.21. The van der Waals surface area contributed by atoms with E-state index in [1.165, 1.54) is 7.11 Å². The Hall–Kier alpha value is -1.51. The highest BCUT2D eigenvalue weighted by Gasteiger charge is 2.14. The largest absolute Gasteiger partial charge is 0.465 e. The van der Waals surface area contributed by atoms with Crippen LogP contribution in [0.1, 0.15) is 55.5 Å². The van der Waals surface area contributed by atoms with E-state index in [9.17, 15) is 4.79 Å². The van der Waals surface area contributed by atoms with Gasteiger partial charge in [-0.05, 0) is 37.5 Å². The van der Waals surface area contributed by atoms with Crippen molar-refractivity contribution in [1.29, 1.82) is 0 Å². The monoisotopic (exact) mass is 263 g/mol. The number of esters is 1. The van der Waals surface area contributed by atoms with Crippen LogP contribution in [0, 0.1) is 6.92 Å². The molecule has 0 spiro atoms. The lowest BCUT2D eigenvalue weighted by molar-refractivity contribution is 0.0600. The van der Waals surface area contributed by atoms with Crippen molar-refractivity contribution in [2.24, 2.45) is 0 Å². The van der Waals surface area contributed by atoms with Crippen LogP contribution in [-0.2, 0) is 4.74 Å². The topological polar surface area (TPSA) is 38.3 Å². The van der Waals surface area contributed by atoms with Gasteiger partial charge in [0.1, 0.15) is 0 Å². The van der Waals surface area contributed by atoms with Crippen molar-refractivity contribution in [2.75, 3.05) is 12.4 Å². The number of ether oxygens (including phenoxy) is 1. The Labute approximate surface area is 116 Å². The number of rotatable bonds is 7. The van der Waals surface area contributed by atoms with Crippen molar-refractivity contribution < 1.29 is 9.53 Å². The van der Waals surface area contributed by atoms with Crippen LogP contribution in [0.4, 0.5) is 5.69 Å². The van der Waals surface area contributed by atoms with Crippen LogP contribution >= 0.6 is 0 Å². The highest BCUT2D eigenvalue weighted by molar-refractivity contribution is 5.92. The second-order valence-corrected chi connectivity index (χ2v) is 4.89. The normalized spacial score (nSPS) is 10.6. The maximum Gasteiger partial charge on any atom is 0.338 e. The van der Waals surface area contributed by atoms with E-state index in [0.717, 1.165) is 36.9 Å². The predicted octanol–water partition coefficient (Wildman–Crippen LogP) is 4.16. The number of anilines is 1. The van der Waals surface area contributed by atoms with Crippen LogP contribution in [0.25, 0.3) is 0 Å². The van der Waals surface area contributed by atoms with E-state index >= 15 is 0 Å². The van der Waals surface area contributed by atoms with Gasteiger partial charge in [-0.2, -0.15) is 0 Å². The second kappa shape index (κ2) is 7.82. The highest BCUT2D eigenvalue weighted by atomic mass is 16.5. The zero-order chi connectivity index (χ0) is 14.3. The molecule has 1 rings (SSSR count). The lowest BCUT2D eigenvalue weighted by Crippen LogP contribution is -2.20.